The number of nitrogens with zero attached hydrogens (tertiary/aromatic N) is 2. The Balaban J connectivity index is 1.97. The molecular weight excluding hydrogens is 282 g/mol. The van der Waals surface area contributed by atoms with Gasteiger partial charge in [-0.3, -0.25) is 4.68 Å². The molecule has 0 aliphatic heterocycles. The molecule has 21 heavy (non-hydrogen) atoms. The molecule has 0 spiro atoms. The Morgan fingerprint density at radius 2 is 2.00 bits per heavy atom. The summed E-state index contributed by atoms with van der Waals surface area (Å²) in [7, 11) is 4.08. The molecule has 1 fully saturated rings. The number of likely N-dealkylation sites (N-methyl/N-ethyl adjacent to an activating group) is 1. The van der Waals surface area contributed by atoms with E-state index < -0.39 is 0 Å². The first-order valence-corrected chi connectivity index (χ1v) is 8.79. The molecule has 1 heterocycles. The van der Waals surface area contributed by atoms with Crippen LogP contribution in [0.15, 0.2) is 0 Å². The van der Waals surface area contributed by atoms with E-state index in [-0.39, 0.29) is 0 Å². The maximum absolute atomic E-state index is 6.41. The van der Waals surface area contributed by atoms with Crippen molar-refractivity contribution in [1.82, 2.24) is 15.1 Å². The third-order valence-electron chi connectivity index (χ3n) is 5.20. The predicted molar refractivity (Wildman–Crippen MR) is 89.9 cm³/mol. The third-order valence-corrected chi connectivity index (χ3v) is 5.69. The number of hydrogen-bond acceptors (Lipinski definition) is 2. The molecule has 120 valence electrons. The van der Waals surface area contributed by atoms with Crippen molar-refractivity contribution in [2.24, 2.45) is 18.9 Å². The van der Waals surface area contributed by atoms with Crippen LogP contribution in [0.1, 0.15) is 56.8 Å². The van der Waals surface area contributed by atoms with Gasteiger partial charge in [-0.25, -0.2) is 0 Å². The summed E-state index contributed by atoms with van der Waals surface area (Å²) in [5.74, 6) is 1.74. The second kappa shape index (κ2) is 7.64. The van der Waals surface area contributed by atoms with Gasteiger partial charge in [-0.15, -0.1) is 0 Å². The van der Waals surface area contributed by atoms with Crippen LogP contribution in [0.2, 0.25) is 5.02 Å². The third kappa shape index (κ3) is 4.01. The van der Waals surface area contributed by atoms with Gasteiger partial charge >= 0.3 is 0 Å². The van der Waals surface area contributed by atoms with Crippen LogP contribution < -0.4 is 5.32 Å². The number of aryl methyl sites for hydroxylation is 2. The molecule has 1 unspecified atom stereocenters. The van der Waals surface area contributed by atoms with Crippen LogP contribution in [0.25, 0.3) is 0 Å². The molecule has 1 aromatic rings. The van der Waals surface area contributed by atoms with Crippen LogP contribution in [0.4, 0.5) is 0 Å². The van der Waals surface area contributed by atoms with E-state index >= 15 is 0 Å². The van der Waals surface area contributed by atoms with Crippen molar-refractivity contribution in [1.29, 1.82) is 0 Å². The van der Waals surface area contributed by atoms with E-state index in [1.54, 1.807) is 0 Å². The molecule has 1 saturated carbocycles. The highest BCUT2D eigenvalue weighted by Crippen LogP contribution is 2.34. The van der Waals surface area contributed by atoms with E-state index in [1.165, 1.54) is 44.2 Å². The van der Waals surface area contributed by atoms with Gasteiger partial charge in [0.05, 0.1) is 16.4 Å². The van der Waals surface area contributed by atoms with Gasteiger partial charge in [0.2, 0.25) is 0 Å². The van der Waals surface area contributed by atoms with Gasteiger partial charge in [0.1, 0.15) is 0 Å². The topological polar surface area (TPSA) is 29.9 Å². The maximum atomic E-state index is 6.41. The van der Waals surface area contributed by atoms with Crippen LogP contribution in [0.3, 0.4) is 0 Å². The van der Waals surface area contributed by atoms with Crippen LogP contribution >= 0.6 is 11.6 Å². The van der Waals surface area contributed by atoms with Crippen LogP contribution in [0.5, 0.6) is 0 Å². The molecule has 1 N–H and O–H groups in total. The number of rotatable bonds is 6. The van der Waals surface area contributed by atoms with Gasteiger partial charge in [-0.1, -0.05) is 44.2 Å². The Morgan fingerprint density at radius 1 is 1.33 bits per heavy atom. The highest BCUT2D eigenvalue weighted by atomic mass is 35.5. The predicted octanol–water partition coefficient (Wildman–Crippen LogP) is 4.12. The van der Waals surface area contributed by atoms with Crippen LogP contribution in [-0.2, 0) is 13.5 Å². The normalized spacial score (nSPS) is 24.2. The first-order chi connectivity index (χ1) is 10.1. The maximum Gasteiger partial charge on any atom is 0.0847 e. The summed E-state index contributed by atoms with van der Waals surface area (Å²) in [6.45, 7) is 4.28. The highest BCUT2D eigenvalue weighted by Gasteiger charge is 2.28. The molecule has 1 aliphatic carbocycles. The van der Waals surface area contributed by atoms with Gasteiger partial charge in [-0.2, -0.15) is 5.10 Å². The molecule has 1 atom stereocenters. The molecule has 0 bridgehead atoms. The molecule has 2 rings (SSSR count). The minimum absolute atomic E-state index is 0.514. The van der Waals surface area contributed by atoms with E-state index in [1.807, 2.05) is 18.7 Å². The summed E-state index contributed by atoms with van der Waals surface area (Å²) in [6.07, 6.45) is 9.22. The molecular formula is C17H30ClN3. The minimum Gasteiger partial charge on any atom is -0.316 e. The lowest BCUT2D eigenvalue weighted by atomic mass is 9.76. The molecule has 1 aliphatic rings. The van der Waals surface area contributed by atoms with Gasteiger partial charge in [0, 0.05) is 19.5 Å². The Bertz CT molecular complexity index is 447. The number of aromatic nitrogens is 2. The van der Waals surface area contributed by atoms with Gasteiger partial charge in [0.25, 0.3) is 0 Å². The lowest BCUT2D eigenvalue weighted by Crippen LogP contribution is -2.38. The van der Waals surface area contributed by atoms with Crippen molar-refractivity contribution in [3.8, 4) is 0 Å². The zero-order valence-electron chi connectivity index (χ0n) is 14.0. The van der Waals surface area contributed by atoms with E-state index in [9.17, 15) is 0 Å². The van der Waals surface area contributed by atoms with Gasteiger partial charge in [0.15, 0.2) is 0 Å². The Kier molecular flexibility index (Phi) is 6.12. The number of hydrogen-bond donors (Lipinski definition) is 1. The Hall–Kier alpha value is -0.540. The van der Waals surface area contributed by atoms with Gasteiger partial charge in [-0.05, 0) is 38.6 Å². The summed E-state index contributed by atoms with van der Waals surface area (Å²) >= 11 is 6.41. The average Bonchev–Trinajstić information content (AvgIpc) is 2.72. The second-order valence-corrected chi connectivity index (χ2v) is 7.02. The van der Waals surface area contributed by atoms with Crippen molar-refractivity contribution in [3.05, 3.63) is 16.4 Å². The first-order valence-electron chi connectivity index (χ1n) is 8.42. The average molecular weight is 312 g/mol. The highest BCUT2D eigenvalue weighted by molar-refractivity contribution is 6.31. The van der Waals surface area contributed by atoms with E-state index in [4.69, 9.17) is 11.6 Å². The summed E-state index contributed by atoms with van der Waals surface area (Å²) in [5, 5.41) is 8.81. The smallest absolute Gasteiger partial charge is 0.0847 e. The molecule has 0 aromatic carbocycles. The number of nitrogens with one attached hydrogen (secondary N) is 1. The zero-order chi connectivity index (χ0) is 15.4. The largest absolute Gasteiger partial charge is 0.316 e. The van der Waals surface area contributed by atoms with Crippen molar-refractivity contribution < 1.29 is 0 Å². The SMILES string of the molecule is CCCC1CCC(C(Cc2c(Cl)c(C)nn2C)NC)CC1. The lowest BCUT2D eigenvalue weighted by Gasteiger charge is -2.34. The quantitative estimate of drug-likeness (QED) is 0.856. The van der Waals surface area contributed by atoms with Crippen LogP contribution in [0, 0.1) is 18.8 Å². The lowest BCUT2D eigenvalue weighted by molar-refractivity contribution is 0.216. The Labute approximate surface area is 134 Å². The second-order valence-electron chi connectivity index (χ2n) is 6.64. The van der Waals surface area contributed by atoms with E-state index in [2.05, 4.69) is 24.4 Å². The summed E-state index contributed by atoms with van der Waals surface area (Å²) in [5.41, 5.74) is 2.11. The summed E-state index contributed by atoms with van der Waals surface area (Å²) in [6, 6.07) is 0.514. The fourth-order valence-corrected chi connectivity index (χ4v) is 4.14. The fourth-order valence-electron chi connectivity index (χ4n) is 3.90. The van der Waals surface area contributed by atoms with Crippen molar-refractivity contribution >= 4 is 11.6 Å². The monoisotopic (exact) mass is 311 g/mol. The van der Waals surface area contributed by atoms with Crippen molar-refractivity contribution in [3.63, 3.8) is 0 Å². The molecule has 1 aromatic heterocycles. The fraction of sp³-hybridized carbons (Fsp3) is 0.824. The summed E-state index contributed by atoms with van der Waals surface area (Å²) < 4.78 is 1.95. The molecule has 3 nitrogen and oxygen atoms in total. The van der Waals surface area contributed by atoms with Crippen LogP contribution in [-0.4, -0.2) is 22.9 Å². The molecule has 0 amide bonds. The first kappa shape index (κ1) is 16.8. The Morgan fingerprint density at radius 3 is 2.48 bits per heavy atom. The molecule has 0 saturated heterocycles. The van der Waals surface area contributed by atoms with Gasteiger partial charge < -0.3 is 5.32 Å². The number of halogens is 1. The van der Waals surface area contributed by atoms with Crippen molar-refractivity contribution in [2.45, 2.75) is 64.8 Å². The summed E-state index contributed by atoms with van der Waals surface area (Å²) in [4.78, 5) is 0. The standard InChI is InChI=1S/C17H30ClN3/c1-5-6-13-7-9-14(10-8-13)15(19-3)11-16-17(18)12(2)20-21(16)4/h13-15,19H,5-11H2,1-4H3. The minimum atomic E-state index is 0.514. The zero-order valence-corrected chi connectivity index (χ0v) is 14.7. The molecule has 0 radical (unpaired) electrons. The van der Waals surface area contributed by atoms with E-state index in [0.29, 0.717) is 6.04 Å². The van der Waals surface area contributed by atoms with E-state index in [0.717, 1.165) is 29.0 Å². The van der Waals surface area contributed by atoms with Crippen molar-refractivity contribution in [2.75, 3.05) is 7.05 Å². The molecule has 4 heteroatoms.